The number of unbranched alkanes of at least 4 members (excludes halogenated alkanes) is 1. The van der Waals surface area contributed by atoms with Gasteiger partial charge >= 0.3 is 0 Å². The molecule has 1 heterocycles. The molecule has 1 aliphatic heterocycles. The molecule has 2 nitrogen and oxygen atoms in total. The number of halogens is 2. The summed E-state index contributed by atoms with van der Waals surface area (Å²) in [5.74, 6) is 0. The van der Waals surface area contributed by atoms with Crippen LogP contribution in [0.1, 0.15) is 38.2 Å². The van der Waals surface area contributed by atoms with Gasteiger partial charge in [-0.1, -0.05) is 48.7 Å². The fourth-order valence-electron chi connectivity index (χ4n) is 2.66. The van der Waals surface area contributed by atoms with Gasteiger partial charge in [0.25, 0.3) is 0 Å². The number of rotatable bonds is 4. The molecule has 1 aromatic carbocycles. The van der Waals surface area contributed by atoms with E-state index in [1.807, 2.05) is 12.1 Å². The number of nitrogens with zero attached hydrogens (tertiary/aromatic N) is 1. The van der Waals surface area contributed by atoms with Gasteiger partial charge in [-0.25, -0.2) is 0 Å². The van der Waals surface area contributed by atoms with Crippen LogP contribution in [0.15, 0.2) is 18.2 Å². The van der Waals surface area contributed by atoms with Crippen LogP contribution in [0.5, 0.6) is 0 Å². The Kier molecular flexibility index (Phi) is 5.13. The van der Waals surface area contributed by atoms with Crippen molar-refractivity contribution in [3.8, 4) is 0 Å². The predicted molar refractivity (Wildman–Crippen MR) is 80.9 cm³/mol. The third-order valence-corrected chi connectivity index (χ3v) is 4.78. The summed E-state index contributed by atoms with van der Waals surface area (Å²) in [6.45, 7) is 5.15. The van der Waals surface area contributed by atoms with Crippen molar-refractivity contribution in [3.63, 3.8) is 0 Å². The number of benzene rings is 1. The third-order valence-electron chi connectivity index (χ3n) is 3.96. The van der Waals surface area contributed by atoms with E-state index in [4.69, 9.17) is 23.2 Å². The minimum atomic E-state index is -0.829. The zero-order valence-electron chi connectivity index (χ0n) is 11.3. The maximum Gasteiger partial charge on any atom is 0.0935 e. The van der Waals surface area contributed by atoms with Crippen molar-refractivity contribution in [2.24, 2.45) is 0 Å². The number of hydrogen-bond donors (Lipinski definition) is 1. The van der Waals surface area contributed by atoms with E-state index in [-0.39, 0.29) is 0 Å². The predicted octanol–water partition coefficient (Wildman–Crippen LogP) is 4.08. The Morgan fingerprint density at radius 2 is 1.95 bits per heavy atom. The maximum atomic E-state index is 10.8. The summed E-state index contributed by atoms with van der Waals surface area (Å²) in [5, 5.41) is 11.8. The highest BCUT2D eigenvalue weighted by atomic mass is 35.5. The summed E-state index contributed by atoms with van der Waals surface area (Å²) in [6.07, 6.45) is 3.87. The molecule has 1 N–H and O–H groups in total. The molecule has 0 bridgehead atoms. The van der Waals surface area contributed by atoms with Gasteiger partial charge in [-0.2, -0.15) is 0 Å². The molecule has 0 aliphatic carbocycles. The van der Waals surface area contributed by atoms with Crippen LogP contribution in [0.4, 0.5) is 0 Å². The Balaban J connectivity index is 2.07. The largest absolute Gasteiger partial charge is 0.385 e. The standard InChI is InChI=1S/C15H21Cl2NO/c1-2-3-9-18-10-7-15(19,8-11-18)12-5-4-6-13(16)14(12)17/h4-6,19H,2-3,7-11H2,1H3. The molecule has 1 saturated heterocycles. The van der Waals surface area contributed by atoms with Crippen molar-refractivity contribution >= 4 is 23.2 Å². The van der Waals surface area contributed by atoms with Gasteiger partial charge in [0.05, 0.1) is 15.6 Å². The molecule has 0 atom stereocenters. The second-order valence-electron chi connectivity index (χ2n) is 5.33. The van der Waals surface area contributed by atoms with Crippen molar-refractivity contribution in [2.45, 2.75) is 38.2 Å². The van der Waals surface area contributed by atoms with E-state index in [1.165, 1.54) is 12.8 Å². The molecule has 1 fully saturated rings. The molecule has 0 amide bonds. The number of piperidine rings is 1. The zero-order chi connectivity index (χ0) is 13.9. The second kappa shape index (κ2) is 6.45. The Bertz CT molecular complexity index is 428. The molecule has 106 valence electrons. The summed E-state index contributed by atoms with van der Waals surface area (Å²) >= 11 is 12.3. The third kappa shape index (κ3) is 3.43. The van der Waals surface area contributed by atoms with Crippen LogP contribution in [0.2, 0.25) is 10.0 Å². The first-order valence-electron chi connectivity index (χ1n) is 6.96. The van der Waals surface area contributed by atoms with Gasteiger partial charge in [0.2, 0.25) is 0 Å². The van der Waals surface area contributed by atoms with Crippen LogP contribution in [-0.4, -0.2) is 29.6 Å². The van der Waals surface area contributed by atoms with E-state index in [0.717, 1.165) is 38.0 Å². The second-order valence-corrected chi connectivity index (χ2v) is 6.11. The van der Waals surface area contributed by atoms with Gasteiger partial charge in [-0.05, 0) is 31.9 Å². The van der Waals surface area contributed by atoms with E-state index >= 15 is 0 Å². The number of likely N-dealkylation sites (tertiary alicyclic amines) is 1. The molecule has 2 rings (SSSR count). The number of aliphatic hydroxyl groups is 1. The van der Waals surface area contributed by atoms with Crippen molar-refractivity contribution < 1.29 is 5.11 Å². The van der Waals surface area contributed by atoms with E-state index < -0.39 is 5.60 Å². The van der Waals surface area contributed by atoms with Gasteiger partial charge in [0, 0.05) is 18.7 Å². The van der Waals surface area contributed by atoms with Gasteiger partial charge in [-0.15, -0.1) is 0 Å². The molecule has 0 aromatic heterocycles. The van der Waals surface area contributed by atoms with Crippen molar-refractivity contribution in [1.82, 2.24) is 4.90 Å². The maximum absolute atomic E-state index is 10.8. The topological polar surface area (TPSA) is 23.5 Å². The van der Waals surface area contributed by atoms with E-state index in [1.54, 1.807) is 6.07 Å². The lowest BCUT2D eigenvalue weighted by Gasteiger charge is -2.39. The first kappa shape index (κ1) is 15.1. The first-order valence-corrected chi connectivity index (χ1v) is 7.71. The average Bonchev–Trinajstić information content (AvgIpc) is 2.41. The normalized spacial score (nSPS) is 19.6. The quantitative estimate of drug-likeness (QED) is 0.906. The fraction of sp³-hybridized carbons (Fsp3) is 0.600. The highest BCUT2D eigenvalue weighted by Gasteiger charge is 2.35. The van der Waals surface area contributed by atoms with Gasteiger partial charge in [0.1, 0.15) is 0 Å². The molecular formula is C15H21Cl2NO. The van der Waals surface area contributed by atoms with Gasteiger partial charge in [-0.3, -0.25) is 0 Å². The SMILES string of the molecule is CCCCN1CCC(O)(c2cccc(Cl)c2Cl)CC1. The zero-order valence-corrected chi connectivity index (χ0v) is 12.8. The smallest absolute Gasteiger partial charge is 0.0935 e. The highest BCUT2D eigenvalue weighted by Crippen LogP contribution is 2.39. The lowest BCUT2D eigenvalue weighted by Crippen LogP contribution is -2.43. The molecule has 1 aliphatic rings. The lowest BCUT2D eigenvalue weighted by atomic mass is 9.84. The minimum Gasteiger partial charge on any atom is -0.385 e. The molecule has 0 radical (unpaired) electrons. The minimum absolute atomic E-state index is 0.494. The lowest BCUT2D eigenvalue weighted by molar-refractivity contribution is -0.0259. The molecule has 0 spiro atoms. The fourth-order valence-corrected chi connectivity index (χ4v) is 3.14. The van der Waals surface area contributed by atoms with E-state index in [9.17, 15) is 5.11 Å². The van der Waals surface area contributed by atoms with E-state index in [2.05, 4.69) is 11.8 Å². The highest BCUT2D eigenvalue weighted by molar-refractivity contribution is 6.42. The monoisotopic (exact) mass is 301 g/mol. The summed E-state index contributed by atoms with van der Waals surface area (Å²) in [5.41, 5.74) is -0.0539. The number of hydrogen-bond acceptors (Lipinski definition) is 2. The van der Waals surface area contributed by atoms with Gasteiger partial charge in [0.15, 0.2) is 0 Å². The molecule has 0 saturated carbocycles. The van der Waals surface area contributed by atoms with Crippen LogP contribution in [0, 0.1) is 0 Å². The molecule has 1 aromatic rings. The summed E-state index contributed by atoms with van der Waals surface area (Å²) < 4.78 is 0. The summed E-state index contributed by atoms with van der Waals surface area (Å²) in [7, 11) is 0. The summed E-state index contributed by atoms with van der Waals surface area (Å²) in [4.78, 5) is 2.41. The van der Waals surface area contributed by atoms with Crippen molar-refractivity contribution in [1.29, 1.82) is 0 Å². The van der Waals surface area contributed by atoms with Crippen LogP contribution in [-0.2, 0) is 5.60 Å². The Morgan fingerprint density at radius 3 is 2.58 bits per heavy atom. The molecule has 19 heavy (non-hydrogen) atoms. The Hall–Kier alpha value is -0.280. The van der Waals surface area contributed by atoms with Crippen LogP contribution in [0.3, 0.4) is 0 Å². The summed E-state index contributed by atoms with van der Waals surface area (Å²) in [6, 6.07) is 5.49. The Labute approximate surface area is 125 Å². The van der Waals surface area contributed by atoms with E-state index in [0.29, 0.717) is 10.0 Å². The average molecular weight is 302 g/mol. The van der Waals surface area contributed by atoms with Crippen LogP contribution in [0.25, 0.3) is 0 Å². The molecule has 0 unspecified atom stereocenters. The molecular weight excluding hydrogens is 281 g/mol. The van der Waals surface area contributed by atoms with Crippen molar-refractivity contribution in [2.75, 3.05) is 19.6 Å². The van der Waals surface area contributed by atoms with Crippen LogP contribution >= 0.6 is 23.2 Å². The Morgan fingerprint density at radius 1 is 1.26 bits per heavy atom. The van der Waals surface area contributed by atoms with Crippen LogP contribution < -0.4 is 0 Å². The van der Waals surface area contributed by atoms with Gasteiger partial charge < -0.3 is 10.0 Å². The van der Waals surface area contributed by atoms with Crippen molar-refractivity contribution in [3.05, 3.63) is 33.8 Å². The molecule has 4 heteroatoms. The first-order chi connectivity index (χ1) is 9.07.